The van der Waals surface area contributed by atoms with Crippen molar-refractivity contribution >= 4 is 44.6 Å². The topological polar surface area (TPSA) is 65.0 Å². The first-order valence-corrected chi connectivity index (χ1v) is 21.1. The van der Waals surface area contributed by atoms with Gasteiger partial charge < -0.3 is 8.83 Å². The molecule has 1 aliphatic rings. The van der Waals surface area contributed by atoms with Gasteiger partial charge in [0.1, 0.15) is 22.2 Å². The lowest BCUT2D eigenvalue weighted by Gasteiger charge is -2.13. The second kappa shape index (κ2) is 14.8. The van der Waals surface area contributed by atoms with E-state index in [0.717, 1.165) is 118 Å². The summed E-state index contributed by atoms with van der Waals surface area (Å²) in [7, 11) is 0. The minimum absolute atomic E-state index is 0.547. The van der Waals surface area contributed by atoms with Gasteiger partial charge in [-0.05, 0) is 70.5 Å². The Labute approximate surface area is 357 Å². The Kier molecular flexibility index (Phi) is 8.56. The van der Waals surface area contributed by atoms with Gasteiger partial charge in [0.15, 0.2) is 17.5 Å². The molecule has 0 radical (unpaired) electrons. The predicted octanol–water partition coefficient (Wildman–Crippen LogP) is 13.3. The van der Waals surface area contributed by atoms with Crippen molar-refractivity contribution in [3.05, 3.63) is 211 Å². The summed E-state index contributed by atoms with van der Waals surface area (Å²) in [5.74, 6) is 1.77. The summed E-state index contributed by atoms with van der Waals surface area (Å²) in [6, 6.07) is 67.3. The van der Waals surface area contributed by atoms with Crippen LogP contribution in [0.2, 0.25) is 0 Å². The number of fused-ring (bicyclic) bond motifs is 6. The van der Waals surface area contributed by atoms with Gasteiger partial charge >= 0.3 is 0 Å². The normalized spacial score (nSPS) is 12.5. The van der Waals surface area contributed by atoms with Crippen molar-refractivity contribution in [1.29, 1.82) is 0 Å². The second-order valence-electron chi connectivity index (χ2n) is 15.7. The molecule has 5 nitrogen and oxygen atoms in total. The largest absolute Gasteiger partial charge is 0.456 e. The average Bonchev–Trinajstić information content (AvgIpc) is 3.95. The van der Waals surface area contributed by atoms with Crippen molar-refractivity contribution in [2.75, 3.05) is 0 Å². The van der Waals surface area contributed by atoms with Crippen LogP contribution in [0.15, 0.2) is 203 Å². The van der Waals surface area contributed by atoms with Crippen LogP contribution in [0.25, 0.3) is 112 Å². The van der Waals surface area contributed by atoms with Crippen LogP contribution in [0.1, 0.15) is 18.7 Å². The van der Waals surface area contributed by atoms with Crippen LogP contribution in [-0.2, 0) is 0 Å². The van der Waals surface area contributed by atoms with E-state index in [2.05, 4.69) is 170 Å². The lowest BCUT2D eigenvalue weighted by atomic mass is 9.92. The first-order valence-electron chi connectivity index (χ1n) is 21.1. The van der Waals surface area contributed by atoms with E-state index < -0.39 is 0 Å². The number of hydrogen-bond acceptors (Lipinski definition) is 5. The number of aromatic nitrogens is 3. The molecule has 11 aromatic rings. The third kappa shape index (κ3) is 5.97. The lowest BCUT2D eigenvalue weighted by molar-refractivity contribution is 0.572. The Hall–Kier alpha value is -8.15. The molecule has 0 unspecified atom stereocenters. The van der Waals surface area contributed by atoms with Crippen molar-refractivity contribution < 1.29 is 8.83 Å². The van der Waals surface area contributed by atoms with Crippen LogP contribution in [0.5, 0.6) is 0 Å². The molecule has 0 amide bonds. The molecular formula is C57H37N3O2. The Bertz CT molecular complexity index is 3600. The lowest BCUT2D eigenvalue weighted by Crippen LogP contribution is -2.28. The first-order chi connectivity index (χ1) is 30.8. The van der Waals surface area contributed by atoms with Gasteiger partial charge in [-0.25, -0.2) is 15.0 Å². The summed E-state index contributed by atoms with van der Waals surface area (Å²) in [4.78, 5) is 16.0. The minimum Gasteiger partial charge on any atom is -0.456 e. The third-order valence-corrected chi connectivity index (χ3v) is 12.1. The van der Waals surface area contributed by atoms with E-state index in [-0.39, 0.29) is 0 Å². The molecule has 5 heteroatoms. The smallest absolute Gasteiger partial charge is 0.167 e. The van der Waals surface area contributed by atoms with Crippen LogP contribution >= 0.6 is 0 Å². The van der Waals surface area contributed by atoms with Crippen molar-refractivity contribution in [3.8, 4) is 67.3 Å². The summed E-state index contributed by atoms with van der Waals surface area (Å²) in [5.41, 5.74) is 14.7. The molecule has 3 heterocycles. The highest BCUT2D eigenvalue weighted by Gasteiger charge is 2.25. The fourth-order valence-electron chi connectivity index (χ4n) is 9.19. The quantitative estimate of drug-likeness (QED) is 0.161. The fraction of sp³-hybridized carbons (Fsp3) is 0.0351. The summed E-state index contributed by atoms with van der Waals surface area (Å²) in [6.07, 6.45) is 3.74. The van der Waals surface area contributed by atoms with Gasteiger partial charge in [0, 0.05) is 43.6 Å². The number of benzene rings is 8. The SMILES string of the molecule is C1=c2oc3c(-c4ccccc4)ccc(-c4ccccc4)c3c2=C(c2nc(-c3ccccc3)nc(-c3cccc4c3oc3c(-c5ccccc5)ccc(-c5ccccc5)c34)n2)CC1. The molecule has 1 aliphatic carbocycles. The van der Waals surface area contributed by atoms with Gasteiger partial charge in [0.25, 0.3) is 0 Å². The Morgan fingerprint density at radius 2 is 0.806 bits per heavy atom. The van der Waals surface area contributed by atoms with E-state index in [1.807, 2.05) is 30.3 Å². The molecule has 292 valence electrons. The molecule has 12 rings (SSSR count). The van der Waals surface area contributed by atoms with Gasteiger partial charge in [0.05, 0.1) is 5.56 Å². The van der Waals surface area contributed by atoms with Crippen LogP contribution < -0.4 is 10.6 Å². The van der Waals surface area contributed by atoms with Crippen LogP contribution in [0.3, 0.4) is 0 Å². The van der Waals surface area contributed by atoms with E-state index in [1.165, 1.54) is 0 Å². The van der Waals surface area contributed by atoms with Crippen molar-refractivity contribution in [2.45, 2.75) is 12.8 Å². The predicted molar refractivity (Wildman–Crippen MR) is 251 cm³/mol. The van der Waals surface area contributed by atoms with E-state index in [9.17, 15) is 0 Å². The van der Waals surface area contributed by atoms with Crippen LogP contribution in [0.4, 0.5) is 0 Å². The summed E-state index contributed by atoms with van der Waals surface area (Å²) in [5, 5.41) is 4.15. The Balaban J connectivity index is 1.16. The van der Waals surface area contributed by atoms with Crippen molar-refractivity contribution in [3.63, 3.8) is 0 Å². The molecule has 0 aliphatic heterocycles. The minimum atomic E-state index is 0.547. The number of rotatable bonds is 7. The molecule has 0 atom stereocenters. The van der Waals surface area contributed by atoms with E-state index in [4.69, 9.17) is 23.8 Å². The van der Waals surface area contributed by atoms with Gasteiger partial charge in [-0.3, -0.25) is 0 Å². The zero-order chi connectivity index (χ0) is 41.0. The molecule has 62 heavy (non-hydrogen) atoms. The number of hydrogen-bond donors (Lipinski definition) is 0. The maximum absolute atomic E-state index is 7.11. The van der Waals surface area contributed by atoms with E-state index in [1.54, 1.807) is 0 Å². The highest BCUT2D eigenvalue weighted by atomic mass is 16.3. The van der Waals surface area contributed by atoms with Crippen molar-refractivity contribution in [2.24, 2.45) is 0 Å². The zero-order valence-corrected chi connectivity index (χ0v) is 33.6. The fourth-order valence-corrected chi connectivity index (χ4v) is 9.19. The number of furan rings is 2. The first kappa shape index (κ1) is 35.8. The van der Waals surface area contributed by atoms with Gasteiger partial charge in [0.2, 0.25) is 0 Å². The maximum atomic E-state index is 7.11. The Morgan fingerprint density at radius 3 is 1.39 bits per heavy atom. The summed E-state index contributed by atoms with van der Waals surface area (Å²) >= 11 is 0. The monoisotopic (exact) mass is 795 g/mol. The Morgan fingerprint density at radius 1 is 0.339 bits per heavy atom. The molecule has 8 aromatic carbocycles. The molecule has 0 fully saturated rings. The number of para-hydroxylation sites is 1. The second-order valence-corrected chi connectivity index (χ2v) is 15.7. The average molecular weight is 796 g/mol. The number of nitrogens with zero attached hydrogens (tertiary/aromatic N) is 3. The molecule has 0 N–H and O–H groups in total. The molecule has 0 saturated carbocycles. The van der Waals surface area contributed by atoms with E-state index >= 15 is 0 Å². The third-order valence-electron chi connectivity index (χ3n) is 12.1. The molecule has 0 bridgehead atoms. The standard InChI is InChI=1S/C57H37N3O2/c1-6-18-36(19-7-1)41-32-34-43(38-22-10-3-11-23-38)53-49(41)45-28-16-30-47(52(45)62-53)57-59-55(40-26-14-5-15-27-40)58-56(60-57)46-29-17-31-48-50(46)51-42(37-20-8-2-9-21-37)33-35-44(54(51)61-48)39-24-12-4-13-25-39/h1-16,18-28,30-35H,17,29H2. The highest BCUT2D eigenvalue weighted by Crippen LogP contribution is 2.44. The summed E-state index contributed by atoms with van der Waals surface area (Å²) in [6.45, 7) is 0. The maximum Gasteiger partial charge on any atom is 0.167 e. The molecule has 0 spiro atoms. The van der Waals surface area contributed by atoms with E-state index in [0.29, 0.717) is 17.5 Å². The highest BCUT2D eigenvalue weighted by molar-refractivity contribution is 6.18. The molecule has 3 aromatic heterocycles. The van der Waals surface area contributed by atoms with Crippen LogP contribution in [-0.4, -0.2) is 15.0 Å². The van der Waals surface area contributed by atoms with Gasteiger partial charge in [-0.1, -0.05) is 176 Å². The van der Waals surface area contributed by atoms with Crippen LogP contribution in [0, 0.1) is 0 Å². The molecule has 0 saturated heterocycles. The molecular weight excluding hydrogens is 759 g/mol. The zero-order valence-electron chi connectivity index (χ0n) is 33.6. The van der Waals surface area contributed by atoms with Crippen molar-refractivity contribution in [1.82, 2.24) is 15.0 Å². The van der Waals surface area contributed by atoms with Gasteiger partial charge in [-0.2, -0.15) is 0 Å². The summed E-state index contributed by atoms with van der Waals surface area (Å²) < 4.78 is 14.1. The van der Waals surface area contributed by atoms with Gasteiger partial charge in [-0.15, -0.1) is 0 Å².